The third kappa shape index (κ3) is 8.14. The van der Waals surface area contributed by atoms with Crippen LogP contribution in [0.5, 0.6) is 0 Å². The zero-order valence-electron chi connectivity index (χ0n) is 22.6. The van der Waals surface area contributed by atoms with Crippen molar-refractivity contribution in [2.75, 3.05) is 17.7 Å². The van der Waals surface area contributed by atoms with Crippen LogP contribution in [-0.4, -0.2) is 17.0 Å². The number of benzene rings is 1. The largest absolute Gasteiger partial charge is 0.390 e. The molecule has 1 fully saturated rings. The molecule has 4 N–H and O–H groups in total. The number of aromatic nitrogens is 2. The summed E-state index contributed by atoms with van der Waals surface area (Å²) in [5.41, 5.74) is 8.95. The molecule has 2 aliphatic rings. The van der Waals surface area contributed by atoms with E-state index in [-0.39, 0.29) is 0 Å². The van der Waals surface area contributed by atoms with Crippen molar-refractivity contribution in [1.29, 1.82) is 0 Å². The first-order chi connectivity index (χ1) is 17.4. The lowest BCUT2D eigenvalue weighted by Gasteiger charge is -2.21. The highest BCUT2D eigenvalue weighted by molar-refractivity contribution is 5.73. The Morgan fingerprint density at radius 2 is 1.89 bits per heavy atom. The summed E-state index contributed by atoms with van der Waals surface area (Å²) >= 11 is 0. The topological polar surface area (TPSA) is 73.9 Å². The maximum Gasteiger partial charge on any atom is 0.116 e. The Morgan fingerprint density at radius 1 is 1.14 bits per heavy atom. The molecule has 0 radical (unpaired) electrons. The average molecular weight is 489 g/mol. The normalized spacial score (nSPS) is 16.0. The van der Waals surface area contributed by atoms with Crippen LogP contribution in [0.2, 0.25) is 0 Å². The number of rotatable bonds is 7. The van der Waals surface area contributed by atoms with Gasteiger partial charge in [0.1, 0.15) is 12.0 Å². The summed E-state index contributed by atoms with van der Waals surface area (Å²) in [5.74, 6) is 1.03. The van der Waals surface area contributed by atoms with Crippen molar-refractivity contribution in [3.8, 4) is 0 Å². The van der Waals surface area contributed by atoms with Crippen molar-refractivity contribution in [1.82, 2.24) is 20.6 Å². The van der Waals surface area contributed by atoms with Gasteiger partial charge < -0.3 is 21.3 Å². The van der Waals surface area contributed by atoms with Crippen molar-refractivity contribution in [3.63, 3.8) is 0 Å². The van der Waals surface area contributed by atoms with E-state index in [1.165, 1.54) is 49.7 Å². The van der Waals surface area contributed by atoms with Crippen LogP contribution in [0.25, 0.3) is 5.70 Å². The predicted octanol–water partition coefficient (Wildman–Crippen LogP) is 6.89. The first kappa shape index (κ1) is 27.3. The lowest BCUT2D eigenvalue weighted by atomic mass is 10.00. The van der Waals surface area contributed by atoms with E-state index in [0.29, 0.717) is 6.54 Å². The molecule has 1 saturated carbocycles. The molecule has 6 heteroatoms. The summed E-state index contributed by atoms with van der Waals surface area (Å²) in [6.45, 7) is 15.2. The third-order valence-corrected chi connectivity index (χ3v) is 6.98. The second kappa shape index (κ2) is 13.7. The highest BCUT2D eigenvalue weighted by Crippen LogP contribution is 2.27. The molecule has 0 unspecified atom stereocenters. The van der Waals surface area contributed by atoms with E-state index in [1.807, 2.05) is 27.1 Å². The molecular weight excluding hydrogens is 444 g/mol. The quantitative estimate of drug-likeness (QED) is 0.318. The summed E-state index contributed by atoms with van der Waals surface area (Å²) in [5, 5.41) is 13.1. The highest BCUT2D eigenvalue weighted by Gasteiger charge is 2.13. The van der Waals surface area contributed by atoms with Gasteiger partial charge in [0.25, 0.3) is 0 Å². The number of aryl methyl sites for hydroxylation is 2. The predicted molar refractivity (Wildman–Crippen MR) is 153 cm³/mol. The molecule has 1 aliphatic carbocycles. The Kier molecular flexibility index (Phi) is 10.4. The maximum atomic E-state index is 4.43. The second-order valence-electron chi connectivity index (χ2n) is 10.1. The molecule has 2 aromatic rings. The fraction of sp³-hybridized carbons (Fsp3) is 0.467. The van der Waals surface area contributed by atoms with Crippen molar-refractivity contribution in [2.45, 2.75) is 78.7 Å². The molecule has 6 nitrogen and oxygen atoms in total. The second-order valence-corrected chi connectivity index (χ2v) is 10.1. The lowest BCUT2D eigenvalue weighted by Crippen LogP contribution is -2.15. The van der Waals surface area contributed by atoms with Crippen molar-refractivity contribution in [3.05, 3.63) is 77.8 Å². The Balaban J connectivity index is 0.000000383. The van der Waals surface area contributed by atoms with Gasteiger partial charge in [0.2, 0.25) is 0 Å². The van der Waals surface area contributed by atoms with Gasteiger partial charge in [-0.25, -0.2) is 9.97 Å². The van der Waals surface area contributed by atoms with Crippen LogP contribution < -0.4 is 21.3 Å². The van der Waals surface area contributed by atoms with E-state index < -0.39 is 0 Å². The first-order valence-electron chi connectivity index (χ1n) is 13.3. The minimum atomic E-state index is 0.661. The first-order valence-corrected chi connectivity index (χ1v) is 13.3. The molecule has 1 aromatic heterocycles. The van der Waals surface area contributed by atoms with Gasteiger partial charge in [0.15, 0.2) is 0 Å². The zero-order chi connectivity index (χ0) is 25.9. The minimum Gasteiger partial charge on any atom is -0.390 e. The molecule has 2 heterocycles. The molecule has 0 bridgehead atoms. The van der Waals surface area contributed by atoms with Gasteiger partial charge >= 0.3 is 0 Å². The van der Waals surface area contributed by atoms with E-state index in [4.69, 9.17) is 0 Å². The summed E-state index contributed by atoms with van der Waals surface area (Å²) in [6, 6.07) is 6.50. The van der Waals surface area contributed by atoms with Crippen LogP contribution in [0.4, 0.5) is 11.4 Å². The standard InChI is InChI=1S/C22H28N6.C8H16/c1-14-6-8-19-9-7-18(10-20(19)28-14)12-24-16(3)22-21(17(4)26-13-27-22)25-11-15(2)23-5;1-8-6-4-2-3-5-7-8/h7,9-11,13,23-25,28H,1,3,6,8,12H2,2,4-5H3;8H,2-7H2,1H3/b15-11+;. The van der Waals surface area contributed by atoms with Crippen LogP contribution in [0, 0.1) is 12.8 Å². The van der Waals surface area contributed by atoms with Crippen molar-refractivity contribution < 1.29 is 0 Å². The van der Waals surface area contributed by atoms with Gasteiger partial charge in [0, 0.05) is 36.9 Å². The fourth-order valence-corrected chi connectivity index (χ4v) is 4.51. The number of nitrogens with zero attached hydrogens (tertiary/aromatic N) is 2. The molecule has 0 amide bonds. The van der Waals surface area contributed by atoms with Gasteiger partial charge in [-0.1, -0.05) is 70.7 Å². The SMILES string of the molecule is C=C1CCc2ccc(CNC(=C)c3ncnc(C)c3N/C=C(\C)NC)cc2N1.CC1CCCCCC1. The number of hydrogen-bond donors (Lipinski definition) is 4. The lowest BCUT2D eigenvalue weighted by molar-refractivity contribution is 0.505. The van der Waals surface area contributed by atoms with Crippen molar-refractivity contribution in [2.24, 2.45) is 5.92 Å². The van der Waals surface area contributed by atoms with Crippen molar-refractivity contribution >= 4 is 17.1 Å². The van der Waals surface area contributed by atoms with E-state index in [9.17, 15) is 0 Å². The van der Waals surface area contributed by atoms with Crippen LogP contribution in [-0.2, 0) is 13.0 Å². The number of hydrogen-bond acceptors (Lipinski definition) is 6. The molecular formula is C30H44N6. The zero-order valence-corrected chi connectivity index (χ0v) is 22.6. The molecule has 0 saturated heterocycles. The van der Waals surface area contributed by atoms with E-state index in [0.717, 1.165) is 58.6 Å². The van der Waals surface area contributed by atoms with Gasteiger partial charge in [-0.05, 0) is 49.8 Å². The number of allylic oxidation sites excluding steroid dienone is 2. The van der Waals surface area contributed by atoms with Crippen LogP contribution in [0.1, 0.15) is 81.3 Å². The molecule has 4 rings (SSSR count). The molecule has 1 aromatic carbocycles. The molecule has 194 valence electrons. The minimum absolute atomic E-state index is 0.661. The summed E-state index contributed by atoms with van der Waals surface area (Å²) in [4.78, 5) is 8.72. The van der Waals surface area contributed by atoms with Gasteiger partial charge in [-0.2, -0.15) is 0 Å². The van der Waals surface area contributed by atoms with Crippen LogP contribution >= 0.6 is 0 Å². The molecule has 0 atom stereocenters. The highest BCUT2D eigenvalue weighted by atomic mass is 15.0. The summed E-state index contributed by atoms with van der Waals surface area (Å²) in [6.07, 6.45) is 14.4. The Bertz CT molecular complexity index is 1060. The van der Waals surface area contributed by atoms with E-state index >= 15 is 0 Å². The number of nitrogens with one attached hydrogen (secondary N) is 4. The van der Waals surface area contributed by atoms with E-state index in [1.54, 1.807) is 6.33 Å². The fourth-order valence-electron chi connectivity index (χ4n) is 4.51. The number of fused-ring (bicyclic) bond motifs is 1. The smallest absolute Gasteiger partial charge is 0.116 e. The van der Waals surface area contributed by atoms with Gasteiger partial charge in [-0.3, -0.25) is 0 Å². The Morgan fingerprint density at radius 3 is 2.61 bits per heavy atom. The summed E-state index contributed by atoms with van der Waals surface area (Å²) < 4.78 is 0. The average Bonchev–Trinajstić information content (AvgIpc) is 3.13. The Labute approximate surface area is 217 Å². The Hall–Kier alpha value is -3.28. The maximum absolute atomic E-state index is 4.43. The number of anilines is 2. The molecule has 36 heavy (non-hydrogen) atoms. The molecule has 1 aliphatic heterocycles. The van der Waals surface area contributed by atoms with Crippen LogP contribution in [0.3, 0.4) is 0 Å². The van der Waals surface area contributed by atoms with Gasteiger partial charge in [0.05, 0.1) is 17.1 Å². The summed E-state index contributed by atoms with van der Waals surface area (Å²) in [7, 11) is 1.88. The monoisotopic (exact) mass is 488 g/mol. The van der Waals surface area contributed by atoms with E-state index in [2.05, 4.69) is 69.5 Å². The third-order valence-electron chi connectivity index (χ3n) is 6.98. The van der Waals surface area contributed by atoms with Gasteiger partial charge in [-0.15, -0.1) is 0 Å². The molecule has 0 spiro atoms. The van der Waals surface area contributed by atoms with Crippen LogP contribution in [0.15, 0.2) is 55.3 Å².